The molecule has 8 nitrogen and oxygen atoms in total. The van der Waals surface area contributed by atoms with Crippen LogP contribution in [0.15, 0.2) is 36.1 Å². The minimum absolute atomic E-state index is 0.300. The van der Waals surface area contributed by atoms with Gasteiger partial charge in [-0.25, -0.2) is 5.48 Å². The molecule has 0 saturated carbocycles. The van der Waals surface area contributed by atoms with E-state index < -0.39 is 17.4 Å². The molecule has 184 valence electrons. The standard InChI is InChI=1S/C25H27ClN4O4S/c1-34-17-4-5-21-19(13-17)23(20(26)15-28-21)22(31)6-7-25(24(32)29-33)8-11-30(12-9-25)10-2-3-18-14-27-16-35-18/h4-5,13-16,22,31,33H,6-12H2,1H3,(H,29,32). The lowest BCUT2D eigenvalue weighted by Gasteiger charge is -2.40. The summed E-state index contributed by atoms with van der Waals surface area (Å²) < 4.78 is 5.32. The molecule has 1 fully saturated rings. The summed E-state index contributed by atoms with van der Waals surface area (Å²) in [5.41, 5.74) is 4.06. The van der Waals surface area contributed by atoms with Crippen molar-refractivity contribution >= 4 is 39.7 Å². The Morgan fingerprint density at radius 2 is 2.17 bits per heavy atom. The topological polar surface area (TPSA) is 108 Å². The van der Waals surface area contributed by atoms with Gasteiger partial charge >= 0.3 is 0 Å². The fourth-order valence-electron chi connectivity index (χ4n) is 4.56. The summed E-state index contributed by atoms with van der Waals surface area (Å²) in [5.74, 6) is 6.47. The zero-order chi connectivity index (χ0) is 24.8. The normalized spacial score (nSPS) is 16.3. The van der Waals surface area contributed by atoms with Crippen LogP contribution in [0.5, 0.6) is 5.75 Å². The molecule has 35 heavy (non-hydrogen) atoms. The number of aliphatic hydroxyl groups is 1. The monoisotopic (exact) mass is 514 g/mol. The Balaban J connectivity index is 1.46. The zero-order valence-electron chi connectivity index (χ0n) is 19.3. The number of hydroxylamine groups is 1. The molecule has 0 aliphatic carbocycles. The average molecular weight is 515 g/mol. The lowest BCUT2D eigenvalue weighted by atomic mass is 9.73. The Labute approximate surface area is 212 Å². The van der Waals surface area contributed by atoms with E-state index in [0.717, 1.165) is 4.88 Å². The summed E-state index contributed by atoms with van der Waals surface area (Å²) in [6.45, 7) is 1.92. The number of aliphatic hydroxyl groups excluding tert-OH is 1. The van der Waals surface area contributed by atoms with Crippen LogP contribution in [0.4, 0.5) is 0 Å². The number of piperidine rings is 1. The third-order valence-corrected chi connectivity index (χ3v) is 7.63. The maximum atomic E-state index is 12.7. The summed E-state index contributed by atoms with van der Waals surface area (Å²) >= 11 is 7.94. The molecule has 0 radical (unpaired) electrons. The Kier molecular flexibility index (Phi) is 8.21. The first-order valence-electron chi connectivity index (χ1n) is 11.3. The first-order chi connectivity index (χ1) is 17.0. The van der Waals surface area contributed by atoms with Crippen LogP contribution in [-0.2, 0) is 4.79 Å². The van der Waals surface area contributed by atoms with Crippen molar-refractivity contribution in [2.45, 2.75) is 31.8 Å². The third-order valence-electron chi connectivity index (χ3n) is 6.64. The number of pyridine rings is 1. The van der Waals surface area contributed by atoms with Crippen LogP contribution in [0, 0.1) is 17.3 Å². The predicted octanol–water partition coefficient (Wildman–Crippen LogP) is 3.81. The summed E-state index contributed by atoms with van der Waals surface area (Å²) in [5, 5.41) is 21.6. The number of rotatable bonds is 7. The number of nitrogens with zero attached hydrogens (tertiary/aromatic N) is 3. The van der Waals surface area contributed by atoms with Crippen molar-refractivity contribution in [2.24, 2.45) is 5.41 Å². The van der Waals surface area contributed by atoms with Gasteiger partial charge in [0.2, 0.25) is 5.91 Å². The molecule has 1 aliphatic heterocycles. The number of fused-ring (bicyclic) bond motifs is 1. The Hall–Kier alpha value is -2.74. The molecule has 3 heterocycles. The molecule has 1 aliphatic rings. The van der Waals surface area contributed by atoms with Crippen molar-refractivity contribution < 1.29 is 19.8 Å². The maximum Gasteiger partial charge on any atom is 0.249 e. The zero-order valence-corrected chi connectivity index (χ0v) is 20.9. The quantitative estimate of drug-likeness (QED) is 0.250. The second-order valence-corrected chi connectivity index (χ2v) is 9.92. The number of methoxy groups -OCH3 is 1. The van der Waals surface area contributed by atoms with Crippen molar-refractivity contribution in [1.29, 1.82) is 0 Å². The van der Waals surface area contributed by atoms with Crippen molar-refractivity contribution in [3.8, 4) is 17.6 Å². The van der Waals surface area contributed by atoms with Gasteiger partial charge in [-0.1, -0.05) is 23.4 Å². The summed E-state index contributed by atoms with van der Waals surface area (Å²) in [7, 11) is 1.57. The number of hydrogen-bond donors (Lipinski definition) is 3. The molecule has 0 spiro atoms. The van der Waals surface area contributed by atoms with E-state index in [1.165, 1.54) is 17.5 Å². The largest absolute Gasteiger partial charge is 0.497 e. The molecule has 1 amide bonds. The SMILES string of the molecule is COc1ccc2ncc(Cl)c(C(O)CCC3(C(=O)NO)CCN(CC#Cc4cncs4)CC3)c2c1. The molecule has 3 aromatic rings. The number of amides is 1. The number of halogens is 1. The summed E-state index contributed by atoms with van der Waals surface area (Å²) in [6, 6.07) is 5.42. The van der Waals surface area contributed by atoms with Gasteiger partial charge in [0.05, 0.1) is 52.3 Å². The molecule has 1 unspecified atom stereocenters. The van der Waals surface area contributed by atoms with Crippen LogP contribution < -0.4 is 10.2 Å². The fraction of sp³-hybridized carbons (Fsp3) is 0.400. The van der Waals surface area contributed by atoms with E-state index in [1.807, 2.05) is 11.5 Å². The number of carbonyl (C=O) groups is 1. The molecule has 1 aromatic carbocycles. The van der Waals surface area contributed by atoms with Gasteiger partial charge in [-0.05, 0) is 43.9 Å². The van der Waals surface area contributed by atoms with E-state index in [-0.39, 0.29) is 0 Å². The smallest absolute Gasteiger partial charge is 0.249 e. The highest BCUT2D eigenvalue weighted by atomic mass is 35.5. The van der Waals surface area contributed by atoms with Crippen LogP contribution in [-0.4, -0.2) is 57.8 Å². The average Bonchev–Trinajstić information content (AvgIpc) is 3.40. The molecule has 3 N–H and O–H groups in total. The third kappa shape index (κ3) is 5.74. The number of benzene rings is 1. The minimum Gasteiger partial charge on any atom is -0.497 e. The minimum atomic E-state index is -0.910. The molecular formula is C25H27ClN4O4S. The number of ether oxygens (including phenoxy) is 1. The molecule has 2 aromatic heterocycles. The highest BCUT2D eigenvalue weighted by Gasteiger charge is 2.41. The van der Waals surface area contributed by atoms with Crippen molar-refractivity contribution in [3.05, 3.63) is 51.6 Å². The van der Waals surface area contributed by atoms with Crippen LogP contribution in [0.3, 0.4) is 0 Å². The molecule has 4 rings (SSSR count). The van der Waals surface area contributed by atoms with Crippen LogP contribution in [0.25, 0.3) is 10.9 Å². The lowest BCUT2D eigenvalue weighted by Crippen LogP contribution is -2.48. The number of likely N-dealkylation sites (tertiary alicyclic amines) is 1. The molecule has 10 heteroatoms. The Morgan fingerprint density at radius 1 is 1.37 bits per heavy atom. The predicted molar refractivity (Wildman–Crippen MR) is 135 cm³/mol. The van der Waals surface area contributed by atoms with Crippen LogP contribution in [0.1, 0.15) is 42.2 Å². The highest BCUT2D eigenvalue weighted by Crippen LogP contribution is 2.41. The second-order valence-electron chi connectivity index (χ2n) is 8.62. The van der Waals surface area contributed by atoms with Gasteiger partial charge in [0.25, 0.3) is 0 Å². The van der Waals surface area contributed by atoms with E-state index >= 15 is 0 Å². The Bertz CT molecular complexity index is 1230. The van der Waals surface area contributed by atoms with Crippen molar-refractivity contribution in [1.82, 2.24) is 20.3 Å². The summed E-state index contributed by atoms with van der Waals surface area (Å²) in [6.07, 6.45) is 4.15. The number of carbonyl (C=O) groups excluding carboxylic acids is 1. The van der Waals surface area contributed by atoms with Crippen LogP contribution >= 0.6 is 22.9 Å². The van der Waals surface area contributed by atoms with E-state index in [9.17, 15) is 15.1 Å². The van der Waals surface area contributed by atoms with Gasteiger partial charge in [0, 0.05) is 30.2 Å². The first-order valence-corrected chi connectivity index (χ1v) is 12.6. The highest BCUT2D eigenvalue weighted by molar-refractivity contribution is 7.10. The first kappa shape index (κ1) is 25.4. The van der Waals surface area contributed by atoms with E-state index in [1.54, 1.807) is 30.9 Å². The van der Waals surface area contributed by atoms with Gasteiger partial charge in [0.1, 0.15) is 5.75 Å². The number of hydrogen-bond acceptors (Lipinski definition) is 8. The lowest BCUT2D eigenvalue weighted by molar-refractivity contribution is -0.143. The van der Waals surface area contributed by atoms with Gasteiger partial charge in [-0.2, -0.15) is 0 Å². The molecule has 1 saturated heterocycles. The van der Waals surface area contributed by atoms with Gasteiger partial charge in [-0.3, -0.25) is 24.9 Å². The van der Waals surface area contributed by atoms with Gasteiger partial charge in [0.15, 0.2) is 0 Å². The van der Waals surface area contributed by atoms with Gasteiger partial charge in [-0.15, -0.1) is 11.3 Å². The number of nitrogens with one attached hydrogen (secondary N) is 1. The fourth-order valence-corrected chi connectivity index (χ4v) is 5.32. The maximum absolute atomic E-state index is 12.7. The second kappa shape index (κ2) is 11.3. The van der Waals surface area contributed by atoms with Crippen molar-refractivity contribution in [3.63, 3.8) is 0 Å². The molecular weight excluding hydrogens is 488 g/mol. The van der Waals surface area contributed by atoms with E-state index in [4.69, 9.17) is 16.3 Å². The number of aromatic nitrogens is 2. The van der Waals surface area contributed by atoms with E-state index in [0.29, 0.717) is 72.6 Å². The van der Waals surface area contributed by atoms with Crippen LogP contribution in [0.2, 0.25) is 5.02 Å². The molecule has 0 bridgehead atoms. The van der Waals surface area contributed by atoms with E-state index in [2.05, 4.69) is 26.7 Å². The molecule has 1 atom stereocenters. The van der Waals surface area contributed by atoms with Crippen molar-refractivity contribution in [2.75, 3.05) is 26.7 Å². The summed E-state index contributed by atoms with van der Waals surface area (Å²) in [4.78, 5) is 24.2. The number of thiazole rings is 1. The van der Waals surface area contributed by atoms with Gasteiger partial charge < -0.3 is 9.84 Å². The Morgan fingerprint density at radius 3 is 2.86 bits per heavy atom.